The Bertz CT molecular complexity index is 692. The molecule has 0 aliphatic rings. The van der Waals surface area contributed by atoms with Gasteiger partial charge in [0.1, 0.15) is 11.5 Å². The average molecular weight is 301 g/mol. The number of nitrogens with zero attached hydrogens (tertiary/aromatic N) is 1. The third-order valence-electron chi connectivity index (χ3n) is 2.41. The first-order chi connectivity index (χ1) is 9.80. The standard InChI is InChI=1S/C12H6F3NO5/c13-12(14,15)21-11-3-1-7(16(18)19)5-9(11)10-4-2-8(6-17)20-10/h1-6H. The van der Waals surface area contributed by atoms with Crippen molar-refractivity contribution < 1.29 is 32.0 Å². The van der Waals surface area contributed by atoms with Gasteiger partial charge in [-0.15, -0.1) is 13.2 Å². The zero-order valence-electron chi connectivity index (χ0n) is 10.1. The van der Waals surface area contributed by atoms with Gasteiger partial charge in [-0.2, -0.15) is 0 Å². The van der Waals surface area contributed by atoms with E-state index in [-0.39, 0.29) is 17.1 Å². The maximum absolute atomic E-state index is 12.3. The van der Waals surface area contributed by atoms with Crippen LogP contribution in [-0.2, 0) is 0 Å². The molecule has 0 aliphatic heterocycles. The Morgan fingerprint density at radius 2 is 1.95 bits per heavy atom. The van der Waals surface area contributed by atoms with Crippen LogP contribution in [0.2, 0.25) is 0 Å². The molecular weight excluding hydrogens is 295 g/mol. The summed E-state index contributed by atoms with van der Waals surface area (Å²) >= 11 is 0. The van der Waals surface area contributed by atoms with E-state index in [1.807, 2.05) is 0 Å². The number of furan rings is 1. The number of ether oxygens (including phenoxy) is 1. The van der Waals surface area contributed by atoms with Crippen molar-refractivity contribution in [1.29, 1.82) is 0 Å². The SMILES string of the molecule is O=Cc1ccc(-c2cc([N+](=O)[O-])ccc2OC(F)(F)F)o1. The van der Waals surface area contributed by atoms with Crippen LogP contribution < -0.4 is 4.74 Å². The number of carbonyl (C=O) groups is 1. The minimum Gasteiger partial charge on any atom is -0.453 e. The highest BCUT2D eigenvalue weighted by atomic mass is 19.4. The molecule has 1 heterocycles. The second kappa shape index (κ2) is 5.27. The molecule has 0 aliphatic carbocycles. The molecule has 2 aromatic rings. The Kier molecular flexibility index (Phi) is 3.66. The molecule has 0 saturated carbocycles. The number of halogens is 3. The maximum atomic E-state index is 12.3. The zero-order chi connectivity index (χ0) is 15.6. The van der Waals surface area contributed by atoms with Crippen LogP contribution in [0.4, 0.5) is 18.9 Å². The minimum atomic E-state index is -4.97. The second-order valence-corrected chi connectivity index (χ2v) is 3.81. The number of hydrogen-bond donors (Lipinski definition) is 0. The molecule has 9 heteroatoms. The summed E-state index contributed by atoms with van der Waals surface area (Å²) in [5.74, 6) is -0.950. The number of aldehydes is 1. The Hall–Kier alpha value is -2.84. The summed E-state index contributed by atoms with van der Waals surface area (Å²) < 4.78 is 45.7. The summed E-state index contributed by atoms with van der Waals surface area (Å²) in [6.45, 7) is 0. The molecule has 21 heavy (non-hydrogen) atoms. The number of nitro benzene ring substituents is 1. The van der Waals surface area contributed by atoms with E-state index >= 15 is 0 Å². The van der Waals surface area contributed by atoms with Gasteiger partial charge in [-0.3, -0.25) is 14.9 Å². The van der Waals surface area contributed by atoms with E-state index in [0.717, 1.165) is 18.2 Å². The topological polar surface area (TPSA) is 82.6 Å². The number of hydrogen-bond acceptors (Lipinski definition) is 5. The van der Waals surface area contributed by atoms with E-state index in [4.69, 9.17) is 4.42 Å². The highest BCUT2D eigenvalue weighted by molar-refractivity contribution is 5.75. The van der Waals surface area contributed by atoms with Gasteiger partial charge in [-0.25, -0.2) is 0 Å². The van der Waals surface area contributed by atoms with Crippen molar-refractivity contribution in [2.24, 2.45) is 0 Å². The van der Waals surface area contributed by atoms with Crippen LogP contribution in [0, 0.1) is 10.1 Å². The molecule has 0 saturated heterocycles. The number of alkyl halides is 3. The first kappa shape index (κ1) is 14.6. The van der Waals surface area contributed by atoms with Crippen LogP contribution >= 0.6 is 0 Å². The third kappa shape index (κ3) is 3.38. The summed E-state index contributed by atoms with van der Waals surface area (Å²) in [6, 6.07) is 4.98. The molecule has 0 radical (unpaired) electrons. The van der Waals surface area contributed by atoms with E-state index < -0.39 is 22.7 Å². The lowest BCUT2D eigenvalue weighted by atomic mass is 10.1. The quantitative estimate of drug-likeness (QED) is 0.490. The van der Waals surface area contributed by atoms with Gasteiger partial charge in [0.2, 0.25) is 0 Å². The van der Waals surface area contributed by atoms with Crippen LogP contribution in [-0.4, -0.2) is 17.6 Å². The molecule has 1 aromatic carbocycles. The van der Waals surface area contributed by atoms with Crippen molar-refractivity contribution in [3.8, 4) is 17.1 Å². The molecule has 1 aromatic heterocycles. The van der Waals surface area contributed by atoms with Gasteiger partial charge in [-0.05, 0) is 18.2 Å². The largest absolute Gasteiger partial charge is 0.573 e. The first-order valence-corrected chi connectivity index (χ1v) is 5.40. The monoisotopic (exact) mass is 301 g/mol. The third-order valence-corrected chi connectivity index (χ3v) is 2.41. The minimum absolute atomic E-state index is 0.130. The normalized spacial score (nSPS) is 11.2. The van der Waals surface area contributed by atoms with Gasteiger partial charge >= 0.3 is 6.36 Å². The fraction of sp³-hybridized carbons (Fsp3) is 0.0833. The Labute approximate surface area is 114 Å². The van der Waals surface area contributed by atoms with Gasteiger partial charge < -0.3 is 9.15 Å². The molecular formula is C12H6F3NO5. The fourth-order valence-electron chi connectivity index (χ4n) is 1.60. The number of benzene rings is 1. The number of non-ortho nitro benzene ring substituents is 1. The van der Waals surface area contributed by atoms with Gasteiger partial charge in [0.25, 0.3) is 5.69 Å². The molecule has 0 atom stereocenters. The van der Waals surface area contributed by atoms with Crippen LogP contribution in [0.5, 0.6) is 5.75 Å². The molecule has 0 N–H and O–H groups in total. The smallest absolute Gasteiger partial charge is 0.453 e. The van der Waals surface area contributed by atoms with Crippen LogP contribution in [0.25, 0.3) is 11.3 Å². The molecule has 110 valence electrons. The Morgan fingerprint density at radius 3 is 2.48 bits per heavy atom. The van der Waals surface area contributed by atoms with E-state index in [2.05, 4.69) is 4.74 Å². The van der Waals surface area contributed by atoms with Crippen molar-refractivity contribution in [2.75, 3.05) is 0 Å². The Morgan fingerprint density at radius 1 is 1.24 bits per heavy atom. The van der Waals surface area contributed by atoms with Gasteiger partial charge in [0, 0.05) is 12.1 Å². The number of nitro groups is 1. The van der Waals surface area contributed by atoms with Crippen molar-refractivity contribution in [3.05, 3.63) is 46.2 Å². The molecule has 0 unspecified atom stereocenters. The fourth-order valence-corrected chi connectivity index (χ4v) is 1.60. The second-order valence-electron chi connectivity index (χ2n) is 3.81. The van der Waals surface area contributed by atoms with E-state index in [0.29, 0.717) is 6.29 Å². The first-order valence-electron chi connectivity index (χ1n) is 5.40. The van der Waals surface area contributed by atoms with E-state index in [1.165, 1.54) is 12.1 Å². The van der Waals surface area contributed by atoms with Crippen molar-refractivity contribution in [1.82, 2.24) is 0 Å². The summed E-state index contributed by atoms with van der Waals surface area (Å²) in [5, 5.41) is 10.7. The summed E-state index contributed by atoms with van der Waals surface area (Å²) in [7, 11) is 0. The predicted octanol–water partition coefficient (Wildman–Crippen LogP) is 3.57. The summed E-state index contributed by atoms with van der Waals surface area (Å²) in [5.41, 5.74) is -0.724. The lowest BCUT2D eigenvalue weighted by Crippen LogP contribution is -2.17. The van der Waals surface area contributed by atoms with Crippen molar-refractivity contribution in [2.45, 2.75) is 6.36 Å². The molecule has 0 spiro atoms. The van der Waals surface area contributed by atoms with Crippen LogP contribution in [0.3, 0.4) is 0 Å². The lowest BCUT2D eigenvalue weighted by Gasteiger charge is -2.11. The molecule has 6 nitrogen and oxygen atoms in total. The number of carbonyl (C=O) groups excluding carboxylic acids is 1. The Balaban J connectivity index is 2.55. The van der Waals surface area contributed by atoms with Crippen LogP contribution in [0.15, 0.2) is 34.7 Å². The highest BCUT2D eigenvalue weighted by Gasteiger charge is 2.33. The molecule has 0 fully saturated rings. The van der Waals surface area contributed by atoms with Crippen LogP contribution in [0.1, 0.15) is 10.6 Å². The molecule has 2 rings (SSSR count). The highest BCUT2D eigenvalue weighted by Crippen LogP contribution is 2.37. The zero-order valence-corrected chi connectivity index (χ0v) is 10.1. The predicted molar refractivity (Wildman–Crippen MR) is 62.9 cm³/mol. The average Bonchev–Trinajstić information content (AvgIpc) is 2.85. The van der Waals surface area contributed by atoms with Gasteiger partial charge in [0.15, 0.2) is 12.0 Å². The maximum Gasteiger partial charge on any atom is 0.573 e. The van der Waals surface area contributed by atoms with Gasteiger partial charge in [0.05, 0.1) is 10.5 Å². The van der Waals surface area contributed by atoms with Gasteiger partial charge in [-0.1, -0.05) is 0 Å². The van der Waals surface area contributed by atoms with Crippen molar-refractivity contribution >= 4 is 12.0 Å². The van der Waals surface area contributed by atoms with E-state index in [9.17, 15) is 28.1 Å². The number of rotatable bonds is 4. The summed E-state index contributed by atoms with van der Waals surface area (Å²) in [4.78, 5) is 20.5. The van der Waals surface area contributed by atoms with Crippen molar-refractivity contribution in [3.63, 3.8) is 0 Å². The summed E-state index contributed by atoms with van der Waals surface area (Å²) in [6.07, 6.45) is -4.61. The molecule has 0 amide bonds. The van der Waals surface area contributed by atoms with E-state index in [1.54, 1.807) is 0 Å². The lowest BCUT2D eigenvalue weighted by molar-refractivity contribution is -0.384. The molecule has 0 bridgehead atoms.